The first kappa shape index (κ1) is 18.9. The minimum absolute atomic E-state index is 0.106. The standard InChI is InChI=1S/C19H24F3N3O/c1-13-24-12-17(26-13)11-23-10-15-4-3-9-25(2)18(15)14-5-7-16(8-6-14)19(20,21)22/h5-8,12,15,18,23H,3-4,9-11H2,1-2H3. The second-order valence-electron chi connectivity index (χ2n) is 6.92. The molecule has 2 atom stereocenters. The zero-order valence-corrected chi connectivity index (χ0v) is 15.0. The summed E-state index contributed by atoms with van der Waals surface area (Å²) in [6.07, 6.45) is -0.463. The smallest absolute Gasteiger partial charge is 0.416 e. The number of piperidine rings is 1. The molecule has 2 heterocycles. The summed E-state index contributed by atoms with van der Waals surface area (Å²) >= 11 is 0. The number of nitrogens with zero attached hydrogens (tertiary/aromatic N) is 2. The number of rotatable bonds is 5. The fourth-order valence-corrected chi connectivity index (χ4v) is 3.74. The zero-order chi connectivity index (χ0) is 18.7. The molecule has 0 spiro atoms. The molecule has 142 valence electrons. The summed E-state index contributed by atoms with van der Waals surface area (Å²) in [5.74, 6) is 1.76. The largest absolute Gasteiger partial charge is 0.445 e. The number of oxazole rings is 1. The number of aryl methyl sites for hydroxylation is 1. The van der Waals surface area contributed by atoms with Crippen LogP contribution in [0.5, 0.6) is 0 Å². The SMILES string of the molecule is Cc1ncc(CNCC2CCCN(C)C2c2ccc(C(F)(F)F)cc2)o1. The molecule has 1 saturated heterocycles. The van der Waals surface area contributed by atoms with E-state index in [1.165, 1.54) is 12.1 Å². The Hall–Kier alpha value is -1.86. The first-order valence-electron chi connectivity index (χ1n) is 8.84. The average molecular weight is 367 g/mol. The Morgan fingerprint density at radius 2 is 2.00 bits per heavy atom. The second-order valence-corrected chi connectivity index (χ2v) is 6.92. The van der Waals surface area contributed by atoms with Crippen molar-refractivity contribution in [3.63, 3.8) is 0 Å². The van der Waals surface area contributed by atoms with Gasteiger partial charge in [0.2, 0.25) is 0 Å². The van der Waals surface area contributed by atoms with Gasteiger partial charge in [-0.1, -0.05) is 12.1 Å². The molecular weight excluding hydrogens is 343 g/mol. The van der Waals surface area contributed by atoms with Gasteiger partial charge in [0, 0.05) is 19.5 Å². The van der Waals surface area contributed by atoms with Crippen LogP contribution in [-0.4, -0.2) is 30.0 Å². The van der Waals surface area contributed by atoms with Crippen molar-refractivity contribution >= 4 is 0 Å². The zero-order valence-electron chi connectivity index (χ0n) is 15.0. The number of halogens is 3. The topological polar surface area (TPSA) is 41.3 Å². The van der Waals surface area contributed by atoms with Crippen LogP contribution in [0.2, 0.25) is 0 Å². The third-order valence-corrected chi connectivity index (χ3v) is 4.96. The number of hydrogen-bond acceptors (Lipinski definition) is 4. The van der Waals surface area contributed by atoms with Crippen molar-refractivity contribution in [1.29, 1.82) is 0 Å². The lowest BCUT2D eigenvalue weighted by atomic mass is 9.84. The van der Waals surface area contributed by atoms with E-state index in [2.05, 4.69) is 15.2 Å². The maximum absolute atomic E-state index is 12.8. The van der Waals surface area contributed by atoms with Crippen LogP contribution in [0.3, 0.4) is 0 Å². The number of alkyl halides is 3. The molecule has 2 aromatic rings. The Morgan fingerprint density at radius 3 is 2.62 bits per heavy atom. The Labute approximate surface area is 151 Å². The first-order valence-corrected chi connectivity index (χ1v) is 8.84. The summed E-state index contributed by atoms with van der Waals surface area (Å²) < 4.78 is 43.9. The maximum Gasteiger partial charge on any atom is 0.416 e. The summed E-state index contributed by atoms with van der Waals surface area (Å²) in [5, 5.41) is 3.40. The normalized spacial score (nSPS) is 21.9. The van der Waals surface area contributed by atoms with E-state index in [0.29, 0.717) is 18.4 Å². The van der Waals surface area contributed by atoms with Gasteiger partial charge in [0.1, 0.15) is 5.76 Å². The van der Waals surface area contributed by atoms with E-state index in [4.69, 9.17) is 4.42 Å². The molecule has 0 radical (unpaired) electrons. The van der Waals surface area contributed by atoms with E-state index in [1.807, 2.05) is 7.05 Å². The fourth-order valence-electron chi connectivity index (χ4n) is 3.74. The number of likely N-dealkylation sites (tertiary alicyclic amines) is 1. The third kappa shape index (κ3) is 4.45. The number of nitrogens with one attached hydrogen (secondary N) is 1. The van der Waals surface area contributed by atoms with Gasteiger partial charge in [-0.05, 0) is 50.0 Å². The minimum atomic E-state index is -4.30. The lowest BCUT2D eigenvalue weighted by Crippen LogP contribution is -2.40. The Morgan fingerprint density at radius 1 is 1.27 bits per heavy atom. The molecule has 3 rings (SSSR count). The summed E-state index contributed by atoms with van der Waals surface area (Å²) in [6.45, 7) is 4.13. The molecule has 26 heavy (non-hydrogen) atoms. The lowest BCUT2D eigenvalue weighted by Gasteiger charge is -2.40. The van der Waals surface area contributed by atoms with Crippen molar-refractivity contribution < 1.29 is 17.6 Å². The number of benzene rings is 1. The van der Waals surface area contributed by atoms with Crippen LogP contribution in [0.1, 0.15) is 41.7 Å². The van der Waals surface area contributed by atoms with E-state index < -0.39 is 11.7 Å². The van der Waals surface area contributed by atoms with Crippen molar-refractivity contribution in [2.75, 3.05) is 20.1 Å². The van der Waals surface area contributed by atoms with Crippen molar-refractivity contribution in [3.8, 4) is 0 Å². The molecule has 2 unspecified atom stereocenters. The third-order valence-electron chi connectivity index (χ3n) is 4.96. The molecule has 4 nitrogen and oxygen atoms in total. The molecule has 0 saturated carbocycles. The quantitative estimate of drug-likeness (QED) is 0.861. The highest BCUT2D eigenvalue weighted by molar-refractivity contribution is 5.27. The highest BCUT2D eigenvalue weighted by Crippen LogP contribution is 2.36. The Bertz CT molecular complexity index is 712. The van der Waals surface area contributed by atoms with Gasteiger partial charge >= 0.3 is 6.18 Å². The van der Waals surface area contributed by atoms with Gasteiger partial charge in [-0.3, -0.25) is 4.90 Å². The van der Waals surface area contributed by atoms with Gasteiger partial charge < -0.3 is 9.73 Å². The van der Waals surface area contributed by atoms with Gasteiger partial charge in [-0.25, -0.2) is 4.98 Å². The predicted octanol–water partition coefficient (Wildman–Crippen LogP) is 4.17. The minimum Gasteiger partial charge on any atom is -0.445 e. The van der Waals surface area contributed by atoms with Gasteiger partial charge in [-0.15, -0.1) is 0 Å². The monoisotopic (exact) mass is 367 g/mol. The van der Waals surface area contributed by atoms with E-state index in [-0.39, 0.29) is 6.04 Å². The number of hydrogen-bond donors (Lipinski definition) is 1. The second kappa shape index (κ2) is 7.80. The van der Waals surface area contributed by atoms with E-state index in [0.717, 1.165) is 37.3 Å². The molecule has 1 aliphatic rings. The molecule has 1 aliphatic heterocycles. The van der Waals surface area contributed by atoms with Crippen LogP contribution in [-0.2, 0) is 12.7 Å². The fraction of sp³-hybridized carbons (Fsp3) is 0.526. The Kier molecular flexibility index (Phi) is 5.67. The van der Waals surface area contributed by atoms with Crippen LogP contribution >= 0.6 is 0 Å². The first-order chi connectivity index (χ1) is 12.3. The summed E-state index contributed by atoms with van der Waals surface area (Å²) in [6, 6.07) is 5.69. The van der Waals surface area contributed by atoms with Gasteiger partial charge in [0.15, 0.2) is 5.89 Å². The van der Waals surface area contributed by atoms with Crippen LogP contribution in [0.25, 0.3) is 0 Å². The highest BCUT2D eigenvalue weighted by Gasteiger charge is 2.33. The van der Waals surface area contributed by atoms with Crippen molar-refractivity contribution in [2.45, 2.75) is 38.5 Å². The van der Waals surface area contributed by atoms with Crippen molar-refractivity contribution in [2.24, 2.45) is 5.92 Å². The Balaban J connectivity index is 1.67. The molecular formula is C19H24F3N3O. The molecule has 0 amide bonds. The molecule has 7 heteroatoms. The predicted molar refractivity (Wildman–Crippen MR) is 92.5 cm³/mol. The van der Waals surface area contributed by atoms with Crippen LogP contribution in [0.4, 0.5) is 13.2 Å². The molecule has 1 aromatic heterocycles. The maximum atomic E-state index is 12.8. The van der Waals surface area contributed by atoms with E-state index in [1.54, 1.807) is 25.3 Å². The van der Waals surface area contributed by atoms with E-state index in [9.17, 15) is 13.2 Å². The molecule has 1 aromatic carbocycles. The average Bonchev–Trinajstić information content (AvgIpc) is 3.00. The lowest BCUT2D eigenvalue weighted by molar-refractivity contribution is -0.137. The van der Waals surface area contributed by atoms with Crippen LogP contribution in [0.15, 0.2) is 34.9 Å². The summed E-state index contributed by atoms with van der Waals surface area (Å²) in [4.78, 5) is 6.31. The van der Waals surface area contributed by atoms with Crippen molar-refractivity contribution in [1.82, 2.24) is 15.2 Å². The van der Waals surface area contributed by atoms with Gasteiger partial charge in [-0.2, -0.15) is 13.2 Å². The van der Waals surface area contributed by atoms with Crippen LogP contribution < -0.4 is 5.32 Å². The molecule has 0 aliphatic carbocycles. The van der Waals surface area contributed by atoms with Gasteiger partial charge in [0.25, 0.3) is 0 Å². The van der Waals surface area contributed by atoms with Gasteiger partial charge in [0.05, 0.1) is 18.3 Å². The van der Waals surface area contributed by atoms with E-state index >= 15 is 0 Å². The molecule has 0 bridgehead atoms. The van der Waals surface area contributed by atoms with Crippen LogP contribution in [0, 0.1) is 12.8 Å². The molecule has 1 N–H and O–H groups in total. The highest BCUT2D eigenvalue weighted by atomic mass is 19.4. The van der Waals surface area contributed by atoms with Crippen molar-refractivity contribution in [3.05, 3.63) is 53.2 Å². The summed E-state index contributed by atoms with van der Waals surface area (Å²) in [5.41, 5.74) is 0.331. The number of aromatic nitrogens is 1. The molecule has 1 fully saturated rings. The summed E-state index contributed by atoms with van der Waals surface area (Å²) in [7, 11) is 2.04.